The first-order chi connectivity index (χ1) is 12.7. The Morgan fingerprint density at radius 1 is 1.35 bits per heavy atom. The normalized spacial score (nSPS) is 22.8. The van der Waals surface area contributed by atoms with Crippen molar-refractivity contribution >= 4 is 21.6 Å². The van der Waals surface area contributed by atoms with E-state index in [4.69, 9.17) is 4.98 Å². The zero-order valence-electron chi connectivity index (χ0n) is 15.2. The molecule has 1 saturated heterocycles. The van der Waals surface area contributed by atoms with Gasteiger partial charge in [0.15, 0.2) is 5.82 Å². The zero-order chi connectivity index (χ0) is 17.7. The highest BCUT2D eigenvalue weighted by Crippen LogP contribution is 2.33. The quantitative estimate of drug-likeness (QED) is 0.743. The Hall–Kier alpha value is -1.92. The number of nitrogens with zero attached hydrogens (tertiary/aromatic N) is 2. The second-order valence-corrected chi connectivity index (χ2v) is 8.81. The second-order valence-electron chi connectivity index (χ2n) is 7.73. The van der Waals surface area contributed by atoms with Crippen LogP contribution in [0.3, 0.4) is 0 Å². The summed E-state index contributed by atoms with van der Waals surface area (Å²) in [5.74, 6) is 0.845. The molecular weight excluding hydrogens is 344 g/mol. The molecule has 1 fully saturated rings. The van der Waals surface area contributed by atoms with Crippen molar-refractivity contribution in [1.29, 1.82) is 0 Å². The molecule has 4 heterocycles. The molecule has 3 aromatic rings. The fraction of sp³-hybridized carbons (Fsp3) is 0.500. The number of fused-ring (bicyclic) bond motifs is 3. The number of aryl methyl sites for hydroxylation is 3. The molecule has 2 N–H and O–H groups in total. The molecule has 0 aromatic carbocycles. The van der Waals surface area contributed by atoms with Crippen molar-refractivity contribution in [1.82, 2.24) is 14.5 Å². The molecule has 6 heteroatoms. The van der Waals surface area contributed by atoms with Crippen LogP contribution >= 0.6 is 11.3 Å². The van der Waals surface area contributed by atoms with Crippen molar-refractivity contribution in [3.05, 3.63) is 50.6 Å². The van der Waals surface area contributed by atoms with Crippen molar-refractivity contribution in [3.63, 3.8) is 0 Å². The van der Waals surface area contributed by atoms with Crippen molar-refractivity contribution < 1.29 is 4.90 Å². The van der Waals surface area contributed by atoms with Crippen LogP contribution in [0.5, 0.6) is 0 Å². The fourth-order valence-electron chi connectivity index (χ4n) is 4.82. The van der Waals surface area contributed by atoms with Gasteiger partial charge < -0.3 is 14.5 Å². The first-order valence-corrected chi connectivity index (χ1v) is 10.5. The average Bonchev–Trinajstić information content (AvgIpc) is 3.32. The molecule has 1 aliphatic carbocycles. The Bertz CT molecular complexity index is 1010. The van der Waals surface area contributed by atoms with Gasteiger partial charge in [-0.25, -0.2) is 4.98 Å². The summed E-state index contributed by atoms with van der Waals surface area (Å²) >= 11 is 1.74. The van der Waals surface area contributed by atoms with Crippen LogP contribution < -0.4 is 10.5 Å². The van der Waals surface area contributed by atoms with E-state index >= 15 is 0 Å². The van der Waals surface area contributed by atoms with Crippen molar-refractivity contribution in [2.24, 2.45) is 7.05 Å². The average molecular weight is 370 g/mol. The molecule has 0 spiro atoms. The molecule has 26 heavy (non-hydrogen) atoms. The molecule has 1 aliphatic heterocycles. The van der Waals surface area contributed by atoms with E-state index in [1.54, 1.807) is 11.3 Å². The molecule has 0 amide bonds. The van der Waals surface area contributed by atoms with E-state index in [1.165, 1.54) is 46.7 Å². The van der Waals surface area contributed by atoms with E-state index in [1.807, 2.05) is 0 Å². The maximum atomic E-state index is 12.8. The van der Waals surface area contributed by atoms with Gasteiger partial charge in [0.1, 0.15) is 17.4 Å². The molecule has 2 aliphatic rings. The topological polar surface area (TPSA) is 55.1 Å². The predicted octanol–water partition coefficient (Wildman–Crippen LogP) is 2.12. The Morgan fingerprint density at radius 3 is 3.08 bits per heavy atom. The van der Waals surface area contributed by atoms with Crippen LogP contribution in [-0.4, -0.2) is 21.1 Å². The van der Waals surface area contributed by atoms with Gasteiger partial charge in [-0.1, -0.05) is 0 Å². The van der Waals surface area contributed by atoms with E-state index < -0.39 is 0 Å². The summed E-state index contributed by atoms with van der Waals surface area (Å²) in [4.78, 5) is 24.6. The van der Waals surface area contributed by atoms with Crippen LogP contribution in [0.2, 0.25) is 0 Å². The van der Waals surface area contributed by atoms with Crippen molar-refractivity contribution in [2.75, 3.05) is 6.54 Å². The molecule has 3 aromatic heterocycles. The lowest BCUT2D eigenvalue weighted by Crippen LogP contribution is -3.09. The molecule has 5 nitrogen and oxygen atoms in total. The summed E-state index contributed by atoms with van der Waals surface area (Å²) in [5, 5.41) is 0.865. The largest absolute Gasteiger partial charge is 0.350 e. The number of hydrogen-bond acceptors (Lipinski definition) is 3. The van der Waals surface area contributed by atoms with E-state index in [9.17, 15) is 4.79 Å². The van der Waals surface area contributed by atoms with Gasteiger partial charge in [-0.2, -0.15) is 0 Å². The zero-order valence-corrected chi connectivity index (χ0v) is 16.0. The monoisotopic (exact) mass is 369 g/mol. The number of rotatable bonds is 3. The summed E-state index contributed by atoms with van der Waals surface area (Å²) in [7, 11) is 2.12. The maximum absolute atomic E-state index is 12.8. The van der Waals surface area contributed by atoms with Gasteiger partial charge in [-0.15, -0.1) is 11.3 Å². The minimum Gasteiger partial charge on any atom is -0.350 e. The molecular formula is C20H25N4OS+. The standard InChI is InChI=1S/C20H24N4OS/c1-23-10-4-7-14(23)15-8-5-11-24(15)12-17-21-19(25)18-13-6-2-3-9-16(13)26-20(18)22-17/h4,7,10,15H,2-3,5-6,8-9,11-12H2,1H3,(H,21,22,25)/p+1/t15-/m0/s1. The smallest absolute Gasteiger partial charge is 0.260 e. The highest BCUT2D eigenvalue weighted by Gasteiger charge is 2.32. The third kappa shape index (κ3) is 2.63. The Balaban J connectivity index is 1.48. The molecule has 2 atom stereocenters. The predicted molar refractivity (Wildman–Crippen MR) is 104 cm³/mol. The number of quaternary nitrogens is 1. The first kappa shape index (κ1) is 16.3. The van der Waals surface area contributed by atoms with Gasteiger partial charge in [0.25, 0.3) is 5.56 Å². The third-order valence-corrected chi connectivity index (χ3v) is 7.28. The molecule has 0 saturated carbocycles. The Labute approximate surface area is 156 Å². The fourth-order valence-corrected chi connectivity index (χ4v) is 6.10. The molecule has 0 radical (unpaired) electrons. The summed E-state index contributed by atoms with van der Waals surface area (Å²) in [6, 6.07) is 4.84. The highest BCUT2D eigenvalue weighted by molar-refractivity contribution is 7.18. The number of aromatic nitrogens is 3. The van der Waals surface area contributed by atoms with Crippen molar-refractivity contribution in [2.45, 2.75) is 51.1 Å². The first-order valence-electron chi connectivity index (χ1n) is 9.70. The van der Waals surface area contributed by atoms with Crippen LogP contribution in [0.1, 0.15) is 53.7 Å². The minimum absolute atomic E-state index is 0.0680. The van der Waals surface area contributed by atoms with E-state index in [0.717, 1.165) is 42.0 Å². The summed E-state index contributed by atoms with van der Waals surface area (Å²) < 4.78 is 2.22. The van der Waals surface area contributed by atoms with Gasteiger partial charge in [0.2, 0.25) is 0 Å². The Kier molecular flexibility index (Phi) is 3.98. The molecule has 5 rings (SSSR count). The number of thiophene rings is 1. The lowest BCUT2D eigenvalue weighted by atomic mass is 9.97. The second kappa shape index (κ2) is 6.35. The van der Waals surface area contributed by atoms with Gasteiger partial charge in [0.05, 0.1) is 17.6 Å². The van der Waals surface area contributed by atoms with Gasteiger partial charge in [0, 0.05) is 31.0 Å². The van der Waals surface area contributed by atoms with Gasteiger partial charge >= 0.3 is 0 Å². The Morgan fingerprint density at radius 2 is 2.23 bits per heavy atom. The van der Waals surface area contributed by atoms with Crippen LogP contribution in [0.4, 0.5) is 0 Å². The molecule has 136 valence electrons. The van der Waals surface area contributed by atoms with Crippen molar-refractivity contribution in [3.8, 4) is 0 Å². The minimum atomic E-state index is 0.0680. The number of aromatic amines is 1. The number of H-pyrrole nitrogens is 1. The number of likely N-dealkylation sites (tertiary alicyclic amines) is 1. The SMILES string of the molecule is Cn1cccc1[C@@H]1CCC[NH+]1Cc1nc2sc3c(c2c(=O)[nH]1)CCCC3. The summed E-state index contributed by atoms with van der Waals surface area (Å²) in [6.45, 7) is 1.93. The summed E-state index contributed by atoms with van der Waals surface area (Å²) in [5.41, 5.74) is 2.72. The lowest BCUT2D eigenvalue weighted by Gasteiger charge is -2.21. The summed E-state index contributed by atoms with van der Waals surface area (Å²) in [6.07, 6.45) is 9.12. The lowest BCUT2D eigenvalue weighted by molar-refractivity contribution is -0.933. The van der Waals surface area contributed by atoms with Crippen LogP contribution in [-0.2, 0) is 26.4 Å². The number of nitrogens with one attached hydrogen (secondary N) is 2. The number of hydrogen-bond donors (Lipinski definition) is 2. The van der Waals surface area contributed by atoms with Crippen LogP contribution in [0, 0.1) is 0 Å². The van der Waals surface area contributed by atoms with Gasteiger partial charge in [-0.3, -0.25) is 4.79 Å². The van der Waals surface area contributed by atoms with E-state index in [0.29, 0.717) is 6.04 Å². The van der Waals surface area contributed by atoms with Crippen LogP contribution in [0.25, 0.3) is 10.2 Å². The van der Waals surface area contributed by atoms with Crippen LogP contribution in [0.15, 0.2) is 23.1 Å². The molecule has 0 bridgehead atoms. The highest BCUT2D eigenvalue weighted by atomic mass is 32.1. The molecule has 1 unspecified atom stereocenters. The third-order valence-electron chi connectivity index (χ3n) is 6.09. The van der Waals surface area contributed by atoms with E-state index in [-0.39, 0.29) is 5.56 Å². The van der Waals surface area contributed by atoms with E-state index in [2.05, 4.69) is 34.9 Å². The maximum Gasteiger partial charge on any atom is 0.260 e. The van der Waals surface area contributed by atoms with Gasteiger partial charge in [-0.05, 0) is 43.4 Å².